The lowest BCUT2D eigenvalue weighted by atomic mass is 9.91. The van der Waals surface area contributed by atoms with Crippen LogP contribution in [0.25, 0.3) is 0 Å². The first-order valence-electron chi connectivity index (χ1n) is 6.07. The summed E-state index contributed by atoms with van der Waals surface area (Å²) in [6.07, 6.45) is 0. The lowest BCUT2D eigenvalue weighted by Gasteiger charge is -2.24. The SMILES string of the molecule is Cc1cc(NCC(C)(C)c2cccs2)nc(C)n1. The fraction of sp³-hybridized carbons (Fsp3) is 0.429. The third kappa shape index (κ3) is 3.07. The minimum atomic E-state index is 0.112. The molecular formula is C14H19N3S. The van der Waals surface area contributed by atoms with Crippen LogP contribution in [0.1, 0.15) is 30.2 Å². The van der Waals surface area contributed by atoms with Gasteiger partial charge in [-0.15, -0.1) is 11.3 Å². The van der Waals surface area contributed by atoms with Crippen LogP contribution in [-0.4, -0.2) is 16.5 Å². The number of hydrogen-bond donors (Lipinski definition) is 1. The van der Waals surface area contributed by atoms with Gasteiger partial charge >= 0.3 is 0 Å². The van der Waals surface area contributed by atoms with Crippen molar-refractivity contribution in [3.05, 3.63) is 40.0 Å². The van der Waals surface area contributed by atoms with Gasteiger partial charge in [0.15, 0.2) is 0 Å². The first-order chi connectivity index (χ1) is 8.47. The van der Waals surface area contributed by atoms with Gasteiger partial charge in [0, 0.05) is 28.6 Å². The number of aryl methyl sites for hydroxylation is 2. The number of thiophene rings is 1. The molecule has 2 aromatic rings. The molecule has 2 heterocycles. The van der Waals surface area contributed by atoms with Gasteiger partial charge in [0.1, 0.15) is 11.6 Å². The minimum absolute atomic E-state index is 0.112. The monoisotopic (exact) mass is 261 g/mol. The van der Waals surface area contributed by atoms with E-state index in [0.717, 1.165) is 23.9 Å². The third-order valence-corrected chi connectivity index (χ3v) is 4.10. The quantitative estimate of drug-likeness (QED) is 0.914. The van der Waals surface area contributed by atoms with Gasteiger partial charge in [-0.25, -0.2) is 9.97 Å². The maximum Gasteiger partial charge on any atom is 0.129 e. The number of aromatic nitrogens is 2. The summed E-state index contributed by atoms with van der Waals surface area (Å²) in [4.78, 5) is 10.1. The summed E-state index contributed by atoms with van der Waals surface area (Å²) in [6, 6.07) is 6.26. The summed E-state index contributed by atoms with van der Waals surface area (Å²) in [6.45, 7) is 9.26. The van der Waals surface area contributed by atoms with Crippen molar-refractivity contribution in [1.82, 2.24) is 9.97 Å². The fourth-order valence-corrected chi connectivity index (χ4v) is 2.72. The standard InChI is InChI=1S/C14H19N3S/c1-10-8-13(17-11(2)16-10)15-9-14(3,4)12-6-5-7-18-12/h5-8H,9H2,1-4H3,(H,15,16,17). The summed E-state index contributed by atoms with van der Waals surface area (Å²) in [7, 11) is 0. The van der Waals surface area contributed by atoms with Crippen LogP contribution in [0.5, 0.6) is 0 Å². The second kappa shape index (κ2) is 5.06. The van der Waals surface area contributed by atoms with Crippen LogP contribution < -0.4 is 5.32 Å². The van der Waals surface area contributed by atoms with E-state index in [1.807, 2.05) is 19.9 Å². The highest BCUT2D eigenvalue weighted by Gasteiger charge is 2.21. The van der Waals surface area contributed by atoms with E-state index in [1.54, 1.807) is 11.3 Å². The van der Waals surface area contributed by atoms with Crippen molar-refractivity contribution in [3.63, 3.8) is 0 Å². The van der Waals surface area contributed by atoms with Crippen LogP contribution in [0.2, 0.25) is 0 Å². The zero-order valence-electron chi connectivity index (χ0n) is 11.3. The van der Waals surface area contributed by atoms with Crippen LogP contribution in [0.3, 0.4) is 0 Å². The first kappa shape index (κ1) is 13.0. The molecule has 0 spiro atoms. The Bertz CT molecular complexity index is 498. The highest BCUT2D eigenvalue weighted by Crippen LogP contribution is 2.27. The zero-order valence-corrected chi connectivity index (χ0v) is 12.1. The van der Waals surface area contributed by atoms with Gasteiger partial charge in [0.2, 0.25) is 0 Å². The molecular weight excluding hydrogens is 242 g/mol. The zero-order chi connectivity index (χ0) is 13.2. The Kier molecular flexibility index (Phi) is 3.66. The van der Waals surface area contributed by atoms with Crippen molar-refractivity contribution in [2.45, 2.75) is 33.1 Å². The van der Waals surface area contributed by atoms with Crippen molar-refractivity contribution >= 4 is 17.2 Å². The van der Waals surface area contributed by atoms with Gasteiger partial charge in [0.25, 0.3) is 0 Å². The molecule has 0 fully saturated rings. The average Bonchev–Trinajstić information content (AvgIpc) is 2.79. The van der Waals surface area contributed by atoms with Crippen molar-refractivity contribution < 1.29 is 0 Å². The molecule has 3 nitrogen and oxygen atoms in total. The molecule has 4 heteroatoms. The third-order valence-electron chi connectivity index (χ3n) is 2.87. The first-order valence-corrected chi connectivity index (χ1v) is 6.95. The Morgan fingerprint density at radius 1 is 1.28 bits per heavy atom. The largest absolute Gasteiger partial charge is 0.369 e. The molecule has 1 N–H and O–H groups in total. The summed E-state index contributed by atoms with van der Waals surface area (Å²) in [5, 5.41) is 5.53. The Morgan fingerprint density at radius 3 is 2.67 bits per heavy atom. The highest BCUT2D eigenvalue weighted by molar-refractivity contribution is 7.10. The van der Waals surface area contributed by atoms with Crippen molar-refractivity contribution in [1.29, 1.82) is 0 Å². The Balaban J connectivity index is 2.07. The minimum Gasteiger partial charge on any atom is -0.369 e. The molecule has 0 radical (unpaired) electrons. The topological polar surface area (TPSA) is 37.8 Å². The fourth-order valence-electron chi connectivity index (χ4n) is 1.87. The smallest absolute Gasteiger partial charge is 0.129 e. The molecule has 2 rings (SSSR count). The summed E-state index contributed by atoms with van der Waals surface area (Å²) >= 11 is 1.80. The molecule has 0 saturated heterocycles. The van der Waals surface area contributed by atoms with E-state index < -0.39 is 0 Å². The second-order valence-electron chi connectivity index (χ2n) is 5.16. The van der Waals surface area contributed by atoms with E-state index in [2.05, 4.69) is 46.6 Å². The molecule has 0 aromatic carbocycles. The lowest BCUT2D eigenvalue weighted by Crippen LogP contribution is -2.27. The van der Waals surface area contributed by atoms with Gasteiger partial charge in [-0.1, -0.05) is 19.9 Å². The Morgan fingerprint density at radius 2 is 2.06 bits per heavy atom. The van der Waals surface area contributed by atoms with E-state index in [-0.39, 0.29) is 5.41 Å². The molecule has 0 bridgehead atoms. The molecule has 0 aliphatic carbocycles. The van der Waals surface area contributed by atoms with E-state index in [0.29, 0.717) is 0 Å². The van der Waals surface area contributed by atoms with E-state index in [1.165, 1.54) is 4.88 Å². The van der Waals surface area contributed by atoms with E-state index in [4.69, 9.17) is 0 Å². The Labute approximate surface area is 112 Å². The number of anilines is 1. The van der Waals surface area contributed by atoms with Crippen molar-refractivity contribution in [3.8, 4) is 0 Å². The normalized spacial score (nSPS) is 11.6. The molecule has 2 aromatic heterocycles. The summed E-state index contributed by atoms with van der Waals surface area (Å²) in [5.74, 6) is 1.72. The molecule has 0 unspecified atom stereocenters. The number of hydrogen-bond acceptors (Lipinski definition) is 4. The van der Waals surface area contributed by atoms with Crippen molar-refractivity contribution in [2.75, 3.05) is 11.9 Å². The van der Waals surface area contributed by atoms with Crippen LogP contribution in [0.15, 0.2) is 23.6 Å². The van der Waals surface area contributed by atoms with E-state index in [9.17, 15) is 0 Å². The summed E-state index contributed by atoms with van der Waals surface area (Å²) in [5.41, 5.74) is 1.11. The van der Waals surface area contributed by atoms with Gasteiger partial charge in [0.05, 0.1) is 0 Å². The molecule has 0 atom stereocenters. The van der Waals surface area contributed by atoms with Crippen LogP contribution in [-0.2, 0) is 5.41 Å². The predicted molar refractivity (Wildman–Crippen MR) is 77.3 cm³/mol. The summed E-state index contributed by atoms with van der Waals surface area (Å²) < 4.78 is 0. The van der Waals surface area contributed by atoms with Crippen LogP contribution >= 0.6 is 11.3 Å². The van der Waals surface area contributed by atoms with Crippen LogP contribution in [0.4, 0.5) is 5.82 Å². The van der Waals surface area contributed by atoms with Gasteiger partial charge in [-0.2, -0.15) is 0 Å². The van der Waals surface area contributed by atoms with Gasteiger partial charge < -0.3 is 5.32 Å². The van der Waals surface area contributed by atoms with Crippen molar-refractivity contribution in [2.24, 2.45) is 0 Å². The number of rotatable bonds is 4. The molecule has 0 saturated carbocycles. The predicted octanol–water partition coefficient (Wildman–Crippen LogP) is 3.54. The average molecular weight is 261 g/mol. The Hall–Kier alpha value is -1.42. The molecule has 0 aliphatic heterocycles. The maximum absolute atomic E-state index is 4.40. The van der Waals surface area contributed by atoms with Gasteiger partial charge in [-0.3, -0.25) is 0 Å². The maximum atomic E-state index is 4.40. The number of nitrogens with zero attached hydrogens (tertiary/aromatic N) is 2. The van der Waals surface area contributed by atoms with Crippen LogP contribution in [0, 0.1) is 13.8 Å². The number of nitrogens with one attached hydrogen (secondary N) is 1. The lowest BCUT2D eigenvalue weighted by molar-refractivity contribution is 0.568. The highest BCUT2D eigenvalue weighted by atomic mass is 32.1. The van der Waals surface area contributed by atoms with E-state index >= 15 is 0 Å². The molecule has 96 valence electrons. The molecule has 18 heavy (non-hydrogen) atoms. The second-order valence-corrected chi connectivity index (χ2v) is 6.10. The molecule has 0 amide bonds. The van der Waals surface area contributed by atoms with Gasteiger partial charge in [-0.05, 0) is 25.3 Å². The molecule has 0 aliphatic rings.